The van der Waals surface area contributed by atoms with Crippen molar-refractivity contribution in [1.82, 2.24) is 9.62 Å². The highest BCUT2D eigenvalue weighted by atomic mass is 32.2. The Bertz CT molecular complexity index is 633. The number of ether oxygens (including phenoxy) is 1. The average Bonchev–Trinajstić information content (AvgIpc) is 3.32. The summed E-state index contributed by atoms with van der Waals surface area (Å²) in [6, 6.07) is 5.88. The minimum Gasteiger partial charge on any atom is -0.497 e. The molecule has 22 heavy (non-hydrogen) atoms. The number of nitrogens with one attached hydrogen (secondary N) is 1. The zero-order chi connectivity index (χ0) is 15.7. The number of sulfonamides is 1. The van der Waals surface area contributed by atoms with Gasteiger partial charge in [0.05, 0.1) is 12.0 Å². The van der Waals surface area contributed by atoms with Gasteiger partial charge in [-0.1, -0.05) is 0 Å². The van der Waals surface area contributed by atoms with E-state index in [1.807, 2.05) is 0 Å². The van der Waals surface area contributed by atoms with Gasteiger partial charge in [-0.25, -0.2) is 13.1 Å². The maximum atomic E-state index is 12.6. The Kier molecular flexibility index (Phi) is 4.43. The molecule has 1 aliphatic heterocycles. The molecule has 0 unspecified atom stereocenters. The molecule has 122 valence electrons. The van der Waals surface area contributed by atoms with Gasteiger partial charge in [-0.2, -0.15) is 0 Å². The predicted octanol–water partition coefficient (Wildman–Crippen LogP) is 1.91. The quantitative estimate of drug-likeness (QED) is 0.899. The van der Waals surface area contributed by atoms with Crippen molar-refractivity contribution in [2.75, 3.05) is 20.2 Å². The first-order valence-electron chi connectivity index (χ1n) is 7.90. The van der Waals surface area contributed by atoms with Crippen LogP contribution in [-0.2, 0) is 10.0 Å². The number of nitrogens with zero attached hydrogens (tertiary/aromatic N) is 1. The normalized spacial score (nSPS) is 21.0. The van der Waals surface area contributed by atoms with Crippen molar-refractivity contribution >= 4 is 10.0 Å². The van der Waals surface area contributed by atoms with Gasteiger partial charge in [-0.3, -0.25) is 0 Å². The fourth-order valence-electron chi connectivity index (χ4n) is 3.16. The van der Waals surface area contributed by atoms with E-state index in [0.717, 1.165) is 32.0 Å². The highest BCUT2D eigenvalue weighted by molar-refractivity contribution is 7.89. The van der Waals surface area contributed by atoms with Crippen LogP contribution in [0.4, 0.5) is 0 Å². The van der Waals surface area contributed by atoms with Gasteiger partial charge in [0.1, 0.15) is 5.75 Å². The summed E-state index contributed by atoms with van der Waals surface area (Å²) in [5.74, 6) is 0.675. The van der Waals surface area contributed by atoms with E-state index < -0.39 is 10.0 Å². The third-order valence-corrected chi connectivity index (χ3v) is 6.27. The van der Waals surface area contributed by atoms with Crippen molar-refractivity contribution < 1.29 is 13.2 Å². The van der Waals surface area contributed by atoms with Gasteiger partial charge in [0.25, 0.3) is 0 Å². The SMILES string of the molecule is COc1ccc(S(=O)(=O)NC2CCN(C3CC3)CC2)c(C)c1. The third-order valence-electron chi connectivity index (χ3n) is 4.59. The first-order chi connectivity index (χ1) is 10.5. The number of methoxy groups -OCH3 is 1. The fraction of sp³-hybridized carbons (Fsp3) is 0.625. The number of piperidine rings is 1. The Labute approximate surface area is 132 Å². The molecule has 1 aliphatic carbocycles. The predicted molar refractivity (Wildman–Crippen MR) is 85.7 cm³/mol. The summed E-state index contributed by atoms with van der Waals surface area (Å²) in [6.07, 6.45) is 4.40. The van der Waals surface area contributed by atoms with Crippen LogP contribution in [0.25, 0.3) is 0 Å². The van der Waals surface area contributed by atoms with Crippen molar-refractivity contribution in [2.24, 2.45) is 0 Å². The molecule has 5 nitrogen and oxygen atoms in total. The van der Waals surface area contributed by atoms with E-state index in [1.165, 1.54) is 12.8 Å². The van der Waals surface area contributed by atoms with Crippen molar-refractivity contribution in [3.8, 4) is 5.75 Å². The highest BCUT2D eigenvalue weighted by Crippen LogP contribution is 2.29. The van der Waals surface area contributed by atoms with E-state index in [-0.39, 0.29) is 6.04 Å². The molecule has 1 saturated heterocycles. The molecule has 3 rings (SSSR count). The van der Waals surface area contributed by atoms with E-state index in [1.54, 1.807) is 32.2 Å². The number of benzene rings is 1. The molecule has 0 spiro atoms. The van der Waals surface area contributed by atoms with Gasteiger partial charge in [0.15, 0.2) is 0 Å². The van der Waals surface area contributed by atoms with Gasteiger partial charge >= 0.3 is 0 Å². The lowest BCUT2D eigenvalue weighted by molar-refractivity contribution is 0.199. The van der Waals surface area contributed by atoms with Gasteiger partial charge in [0, 0.05) is 12.1 Å². The Morgan fingerprint density at radius 3 is 2.41 bits per heavy atom. The van der Waals surface area contributed by atoms with Crippen LogP contribution >= 0.6 is 0 Å². The second-order valence-corrected chi connectivity index (χ2v) is 7.98. The van der Waals surface area contributed by atoms with Crippen LogP contribution in [0.2, 0.25) is 0 Å². The number of hydrogen-bond donors (Lipinski definition) is 1. The average molecular weight is 324 g/mol. The smallest absolute Gasteiger partial charge is 0.241 e. The molecule has 0 bridgehead atoms. The lowest BCUT2D eigenvalue weighted by atomic mass is 10.1. The Hall–Kier alpha value is -1.11. The minimum atomic E-state index is -3.46. The molecule has 0 aromatic heterocycles. The molecule has 1 aromatic rings. The molecule has 2 fully saturated rings. The molecular formula is C16H24N2O3S. The standard InChI is InChI=1S/C16H24N2O3S/c1-12-11-15(21-2)5-6-16(12)22(19,20)17-13-7-9-18(10-8-13)14-3-4-14/h5-6,11,13-14,17H,3-4,7-10H2,1-2H3. The first-order valence-corrected chi connectivity index (χ1v) is 9.39. The Balaban J connectivity index is 1.66. The second kappa shape index (κ2) is 6.18. The van der Waals surface area contributed by atoms with Crippen molar-refractivity contribution in [1.29, 1.82) is 0 Å². The minimum absolute atomic E-state index is 0.0431. The summed E-state index contributed by atoms with van der Waals surface area (Å²) >= 11 is 0. The number of rotatable bonds is 5. The van der Waals surface area contributed by atoms with Gasteiger partial charge in [-0.05, 0) is 69.5 Å². The summed E-state index contributed by atoms with van der Waals surface area (Å²) in [5, 5.41) is 0. The zero-order valence-electron chi connectivity index (χ0n) is 13.2. The van der Waals surface area contributed by atoms with Gasteiger partial charge in [0.2, 0.25) is 10.0 Å². The largest absolute Gasteiger partial charge is 0.497 e. The van der Waals surface area contributed by atoms with Crippen molar-refractivity contribution in [3.05, 3.63) is 23.8 Å². The van der Waals surface area contributed by atoms with Crippen LogP contribution in [0.1, 0.15) is 31.2 Å². The number of hydrogen-bond acceptors (Lipinski definition) is 4. The number of aryl methyl sites for hydroxylation is 1. The van der Waals surface area contributed by atoms with Crippen LogP contribution in [0.5, 0.6) is 5.75 Å². The monoisotopic (exact) mass is 324 g/mol. The lowest BCUT2D eigenvalue weighted by Gasteiger charge is -2.32. The summed E-state index contributed by atoms with van der Waals surface area (Å²) in [4.78, 5) is 2.83. The maximum Gasteiger partial charge on any atom is 0.241 e. The van der Waals surface area contributed by atoms with Crippen molar-refractivity contribution in [3.63, 3.8) is 0 Å². The van der Waals surface area contributed by atoms with Crippen molar-refractivity contribution in [2.45, 2.75) is 49.6 Å². The van der Waals surface area contributed by atoms with Gasteiger partial charge in [-0.15, -0.1) is 0 Å². The summed E-state index contributed by atoms with van der Waals surface area (Å²) in [6.45, 7) is 3.80. The highest BCUT2D eigenvalue weighted by Gasteiger charge is 2.33. The molecule has 2 aliphatic rings. The van der Waals surface area contributed by atoms with E-state index in [2.05, 4.69) is 9.62 Å². The van der Waals surface area contributed by atoms with Crippen LogP contribution in [0, 0.1) is 6.92 Å². The molecule has 0 amide bonds. The maximum absolute atomic E-state index is 12.6. The molecular weight excluding hydrogens is 300 g/mol. The molecule has 0 radical (unpaired) electrons. The van der Waals surface area contributed by atoms with Crippen LogP contribution < -0.4 is 9.46 Å². The van der Waals surface area contributed by atoms with E-state index in [9.17, 15) is 8.42 Å². The molecule has 1 saturated carbocycles. The molecule has 6 heteroatoms. The number of likely N-dealkylation sites (tertiary alicyclic amines) is 1. The topological polar surface area (TPSA) is 58.6 Å². The summed E-state index contributed by atoms with van der Waals surface area (Å²) in [5.41, 5.74) is 0.710. The second-order valence-electron chi connectivity index (χ2n) is 6.29. The Morgan fingerprint density at radius 2 is 1.86 bits per heavy atom. The lowest BCUT2D eigenvalue weighted by Crippen LogP contribution is -2.45. The van der Waals surface area contributed by atoms with Crippen LogP contribution in [0.3, 0.4) is 0 Å². The molecule has 1 N–H and O–H groups in total. The fourth-order valence-corrected chi connectivity index (χ4v) is 4.69. The Morgan fingerprint density at radius 1 is 1.18 bits per heavy atom. The summed E-state index contributed by atoms with van der Waals surface area (Å²) in [7, 11) is -1.88. The molecule has 1 aromatic carbocycles. The molecule has 0 atom stereocenters. The van der Waals surface area contributed by atoms with Crippen LogP contribution in [-0.4, -0.2) is 45.6 Å². The first kappa shape index (κ1) is 15.8. The molecule has 1 heterocycles. The zero-order valence-corrected chi connectivity index (χ0v) is 14.0. The van der Waals surface area contributed by atoms with E-state index >= 15 is 0 Å². The van der Waals surface area contributed by atoms with Crippen LogP contribution in [0.15, 0.2) is 23.1 Å². The van der Waals surface area contributed by atoms with E-state index in [4.69, 9.17) is 4.74 Å². The van der Waals surface area contributed by atoms with Gasteiger partial charge < -0.3 is 9.64 Å². The summed E-state index contributed by atoms with van der Waals surface area (Å²) < 4.78 is 33.2. The third kappa shape index (κ3) is 3.45. The van der Waals surface area contributed by atoms with E-state index in [0.29, 0.717) is 16.2 Å².